The van der Waals surface area contributed by atoms with E-state index in [0.29, 0.717) is 28.2 Å². The molecule has 8 nitrogen and oxygen atoms in total. The summed E-state index contributed by atoms with van der Waals surface area (Å²) in [5, 5.41) is 17.4. The van der Waals surface area contributed by atoms with Gasteiger partial charge in [-0.25, -0.2) is 9.37 Å². The first kappa shape index (κ1) is 18.6. The van der Waals surface area contributed by atoms with Gasteiger partial charge >= 0.3 is 0 Å². The van der Waals surface area contributed by atoms with Gasteiger partial charge in [0.15, 0.2) is 0 Å². The number of nitrogens with zero attached hydrogens (tertiary/aromatic N) is 5. The summed E-state index contributed by atoms with van der Waals surface area (Å²) in [6.45, 7) is 0.272. The molecule has 0 aliphatic rings. The maximum Gasteiger partial charge on any atom is 0.255 e. The third kappa shape index (κ3) is 3.88. The van der Waals surface area contributed by atoms with Gasteiger partial charge in [0, 0.05) is 22.9 Å². The van der Waals surface area contributed by atoms with Crippen LogP contribution >= 0.6 is 0 Å². The number of hydrogen-bond donors (Lipinski definition) is 2. The lowest BCUT2D eigenvalue weighted by Crippen LogP contribution is -2.11. The fourth-order valence-electron chi connectivity index (χ4n) is 3.24. The Kier molecular flexibility index (Phi) is 4.68. The molecule has 9 heteroatoms. The van der Waals surface area contributed by atoms with E-state index in [0.717, 1.165) is 11.1 Å². The van der Waals surface area contributed by atoms with E-state index in [2.05, 4.69) is 30.8 Å². The molecular weight excluding hydrogens is 397 g/mol. The number of aromatic amines is 1. The summed E-state index contributed by atoms with van der Waals surface area (Å²) in [6, 6.07) is 17.3. The third-order valence-corrected chi connectivity index (χ3v) is 4.79. The van der Waals surface area contributed by atoms with Gasteiger partial charge in [-0.05, 0) is 30.3 Å². The number of amides is 1. The predicted molar refractivity (Wildman–Crippen MR) is 113 cm³/mol. The monoisotopic (exact) mass is 413 g/mol. The first-order chi connectivity index (χ1) is 15.2. The van der Waals surface area contributed by atoms with Gasteiger partial charge in [0.1, 0.15) is 11.3 Å². The van der Waals surface area contributed by atoms with Crippen LogP contribution in [0.2, 0.25) is 0 Å². The van der Waals surface area contributed by atoms with Gasteiger partial charge in [-0.3, -0.25) is 14.6 Å². The van der Waals surface area contributed by atoms with Crippen LogP contribution in [0, 0.1) is 5.82 Å². The highest BCUT2D eigenvalue weighted by Crippen LogP contribution is 2.21. The van der Waals surface area contributed by atoms with Gasteiger partial charge < -0.3 is 5.32 Å². The Morgan fingerprint density at radius 1 is 1.10 bits per heavy atom. The molecule has 3 heterocycles. The van der Waals surface area contributed by atoms with Crippen molar-refractivity contribution in [3.8, 4) is 11.3 Å². The predicted octanol–water partition coefficient (Wildman–Crippen LogP) is 3.66. The number of halogens is 1. The van der Waals surface area contributed by atoms with Gasteiger partial charge in [0.25, 0.3) is 5.91 Å². The smallest absolute Gasteiger partial charge is 0.255 e. The van der Waals surface area contributed by atoms with Crippen LogP contribution in [0.15, 0.2) is 73.1 Å². The van der Waals surface area contributed by atoms with Gasteiger partial charge in [-0.15, -0.1) is 5.10 Å². The molecule has 0 saturated carbocycles. The molecule has 31 heavy (non-hydrogen) atoms. The molecule has 2 N–H and O–H groups in total. The van der Waals surface area contributed by atoms with E-state index < -0.39 is 0 Å². The van der Waals surface area contributed by atoms with E-state index in [1.165, 1.54) is 12.3 Å². The molecule has 0 spiro atoms. The van der Waals surface area contributed by atoms with E-state index in [1.807, 2.05) is 18.2 Å². The van der Waals surface area contributed by atoms with E-state index >= 15 is 0 Å². The second kappa shape index (κ2) is 7.79. The van der Waals surface area contributed by atoms with Crippen molar-refractivity contribution >= 4 is 22.8 Å². The molecule has 1 amide bonds. The van der Waals surface area contributed by atoms with Crippen LogP contribution < -0.4 is 5.32 Å². The lowest BCUT2D eigenvalue weighted by Gasteiger charge is -2.06. The average Bonchev–Trinajstić information content (AvgIpc) is 3.44. The summed E-state index contributed by atoms with van der Waals surface area (Å²) >= 11 is 0. The highest BCUT2D eigenvalue weighted by atomic mass is 19.1. The molecule has 0 atom stereocenters. The maximum atomic E-state index is 13.8. The number of pyridine rings is 1. The zero-order valence-electron chi connectivity index (χ0n) is 16.2. The number of H-pyrrole nitrogens is 1. The van der Waals surface area contributed by atoms with Crippen molar-refractivity contribution in [2.24, 2.45) is 0 Å². The van der Waals surface area contributed by atoms with Crippen LogP contribution in [0.4, 0.5) is 10.1 Å². The molecule has 5 rings (SSSR count). The fourth-order valence-corrected chi connectivity index (χ4v) is 3.24. The summed E-state index contributed by atoms with van der Waals surface area (Å²) in [7, 11) is 0. The number of rotatable bonds is 5. The van der Waals surface area contributed by atoms with Crippen LogP contribution in [-0.4, -0.2) is 36.1 Å². The summed E-state index contributed by atoms with van der Waals surface area (Å²) in [6.07, 6.45) is 3.19. The first-order valence-electron chi connectivity index (χ1n) is 9.51. The SMILES string of the molecule is O=C(Nc1cnn(Cc2ccccc2F)c1)c1cccc(-c2ccc3[nH]nnc3n2)c1. The largest absolute Gasteiger partial charge is 0.319 e. The van der Waals surface area contributed by atoms with Crippen molar-refractivity contribution in [1.29, 1.82) is 0 Å². The second-order valence-corrected chi connectivity index (χ2v) is 6.93. The standard InChI is InChI=1S/C22H16FN7O/c23-18-7-2-1-4-16(18)12-30-13-17(11-24-30)25-22(31)15-6-3-5-14(10-15)19-8-9-20-21(26-19)28-29-27-20/h1-11,13H,12H2,(H,25,31)(H,26,27,28,29). The highest BCUT2D eigenvalue weighted by molar-refractivity contribution is 6.04. The lowest BCUT2D eigenvalue weighted by molar-refractivity contribution is 0.102. The van der Waals surface area contributed by atoms with Crippen LogP contribution in [0.1, 0.15) is 15.9 Å². The summed E-state index contributed by atoms with van der Waals surface area (Å²) in [4.78, 5) is 17.2. The zero-order valence-corrected chi connectivity index (χ0v) is 16.2. The molecule has 0 aliphatic heterocycles. The number of aromatic nitrogens is 6. The Bertz CT molecular complexity index is 1390. The number of nitrogens with one attached hydrogen (secondary N) is 2. The third-order valence-electron chi connectivity index (χ3n) is 4.79. The van der Waals surface area contributed by atoms with Crippen molar-refractivity contribution in [2.75, 3.05) is 5.32 Å². The molecule has 0 radical (unpaired) electrons. The van der Waals surface area contributed by atoms with Gasteiger partial charge in [0.05, 0.1) is 24.1 Å². The number of carbonyl (C=O) groups excluding carboxylic acids is 1. The average molecular weight is 413 g/mol. The normalized spacial score (nSPS) is 11.0. The van der Waals surface area contributed by atoms with Crippen molar-refractivity contribution in [3.63, 3.8) is 0 Å². The highest BCUT2D eigenvalue weighted by Gasteiger charge is 2.11. The van der Waals surface area contributed by atoms with Crippen molar-refractivity contribution in [3.05, 3.63) is 90.0 Å². The quantitative estimate of drug-likeness (QED) is 0.458. The fraction of sp³-hybridized carbons (Fsp3) is 0.0455. The lowest BCUT2D eigenvalue weighted by atomic mass is 10.1. The van der Waals surface area contributed by atoms with E-state index in [4.69, 9.17) is 0 Å². The Labute approximate surface area is 175 Å². The minimum atomic E-state index is -0.294. The molecule has 0 aliphatic carbocycles. The van der Waals surface area contributed by atoms with E-state index in [-0.39, 0.29) is 18.3 Å². The molecule has 152 valence electrons. The second-order valence-electron chi connectivity index (χ2n) is 6.93. The van der Waals surface area contributed by atoms with Crippen molar-refractivity contribution < 1.29 is 9.18 Å². The maximum absolute atomic E-state index is 13.8. The number of benzene rings is 2. The molecule has 2 aromatic carbocycles. The molecular formula is C22H16FN7O. The number of hydrogen-bond acceptors (Lipinski definition) is 5. The molecule has 0 fully saturated rings. The minimum absolute atomic E-state index is 0.272. The van der Waals surface area contributed by atoms with Gasteiger partial charge in [0.2, 0.25) is 5.65 Å². The van der Waals surface area contributed by atoms with Crippen molar-refractivity contribution in [1.82, 2.24) is 30.2 Å². The van der Waals surface area contributed by atoms with Crippen LogP contribution in [0.5, 0.6) is 0 Å². The van der Waals surface area contributed by atoms with Crippen LogP contribution in [-0.2, 0) is 6.54 Å². The van der Waals surface area contributed by atoms with E-state index in [1.54, 1.807) is 47.3 Å². The number of fused-ring (bicyclic) bond motifs is 1. The Morgan fingerprint density at radius 2 is 2.00 bits per heavy atom. The Morgan fingerprint density at radius 3 is 2.90 bits per heavy atom. The Balaban J connectivity index is 1.32. The molecule has 0 saturated heterocycles. The van der Waals surface area contributed by atoms with Gasteiger partial charge in [-0.1, -0.05) is 35.5 Å². The molecule has 3 aromatic heterocycles. The number of anilines is 1. The minimum Gasteiger partial charge on any atom is -0.319 e. The first-order valence-corrected chi connectivity index (χ1v) is 9.51. The summed E-state index contributed by atoms with van der Waals surface area (Å²) in [5.74, 6) is -0.576. The molecule has 0 bridgehead atoms. The summed E-state index contributed by atoms with van der Waals surface area (Å²) in [5.41, 5.74) is 4.24. The Hall–Kier alpha value is -4.40. The van der Waals surface area contributed by atoms with Crippen molar-refractivity contribution in [2.45, 2.75) is 6.54 Å². The van der Waals surface area contributed by atoms with Gasteiger partial charge in [-0.2, -0.15) is 5.10 Å². The van der Waals surface area contributed by atoms with Crippen LogP contribution in [0.25, 0.3) is 22.4 Å². The topological polar surface area (TPSA) is 101 Å². The zero-order chi connectivity index (χ0) is 21.2. The molecule has 5 aromatic rings. The number of carbonyl (C=O) groups is 1. The summed E-state index contributed by atoms with van der Waals surface area (Å²) < 4.78 is 15.4. The van der Waals surface area contributed by atoms with Crippen LogP contribution in [0.3, 0.4) is 0 Å². The van der Waals surface area contributed by atoms with E-state index in [9.17, 15) is 9.18 Å². The molecule has 0 unspecified atom stereocenters.